The molecule has 22 heavy (non-hydrogen) atoms. The van der Waals surface area contributed by atoms with E-state index in [-0.39, 0.29) is 5.56 Å². The van der Waals surface area contributed by atoms with Crippen LogP contribution in [0, 0.1) is 27.7 Å². The molecule has 0 unspecified atom stereocenters. The third-order valence-corrected chi connectivity index (χ3v) is 4.94. The first-order chi connectivity index (χ1) is 10.5. The molecule has 0 saturated heterocycles. The molecule has 112 valence electrons. The molecule has 5 heteroatoms. The number of nitrogens with zero attached hydrogens (tertiary/aromatic N) is 3. The molecule has 3 aromatic rings. The SMILES string of the molecule is Cc1ccccc1/C=N/n1c(C)nc2sc(C)c(C)c2c1=O. The van der Waals surface area contributed by atoms with Crippen molar-refractivity contribution in [3.8, 4) is 0 Å². The third-order valence-electron chi connectivity index (χ3n) is 3.84. The predicted octanol–water partition coefficient (Wildman–Crippen LogP) is 3.57. The van der Waals surface area contributed by atoms with E-state index in [1.165, 1.54) is 4.68 Å². The minimum atomic E-state index is -0.103. The molecule has 0 N–H and O–H groups in total. The number of hydrogen-bond donors (Lipinski definition) is 0. The highest BCUT2D eigenvalue weighted by atomic mass is 32.1. The molecule has 0 aliphatic heterocycles. The van der Waals surface area contributed by atoms with Gasteiger partial charge in [0.05, 0.1) is 11.6 Å². The molecule has 0 aliphatic carbocycles. The smallest absolute Gasteiger partial charge is 0.267 e. The maximum atomic E-state index is 12.7. The fraction of sp³-hybridized carbons (Fsp3) is 0.235. The first-order valence-corrected chi connectivity index (χ1v) is 7.90. The zero-order valence-electron chi connectivity index (χ0n) is 13.0. The number of hydrogen-bond acceptors (Lipinski definition) is 4. The summed E-state index contributed by atoms with van der Waals surface area (Å²) in [4.78, 5) is 19.1. The van der Waals surface area contributed by atoms with Crippen molar-refractivity contribution >= 4 is 27.8 Å². The molecule has 0 spiro atoms. The Kier molecular flexibility index (Phi) is 3.66. The van der Waals surface area contributed by atoms with Crippen molar-refractivity contribution in [2.24, 2.45) is 5.10 Å². The highest BCUT2D eigenvalue weighted by Gasteiger charge is 2.14. The quantitative estimate of drug-likeness (QED) is 0.679. The lowest BCUT2D eigenvalue weighted by Crippen LogP contribution is -2.20. The zero-order chi connectivity index (χ0) is 15.9. The first-order valence-electron chi connectivity index (χ1n) is 7.08. The molecule has 0 aliphatic rings. The Hall–Kier alpha value is -2.27. The summed E-state index contributed by atoms with van der Waals surface area (Å²) in [6.07, 6.45) is 1.71. The van der Waals surface area contributed by atoms with Crippen molar-refractivity contribution in [1.82, 2.24) is 9.66 Å². The number of thiophene rings is 1. The molecule has 2 heterocycles. The maximum absolute atomic E-state index is 12.7. The lowest BCUT2D eigenvalue weighted by atomic mass is 10.1. The van der Waals surface area contributed by atoms with Gasteiger partial charge < -0.3 is 0 Å². The normalized spacial score (nSPS) is 11.6. The van der Waals surface area contributed by atoms with Gasteiger partial charge in [0.15, 0.2) is 0 Å². The van der Waals surface area contributed by atoms with Gasteiger partial charge in [-0.05, 0) is 44.4 Å². The topological polar surface area (TPSA) is 47.2 Å². The Morgan fingerprint density at radius 3 is 2.64 bits per heavy atom. The summed E-state index contributed by atoms with van der Waals surface area (Å²) >= 11 is 1.56. The van der Waals surface area contributed by atoms with Gasteiger partial charge in [0.25, 0.3) is 5.56 Å². The molecule has 0 atom stereocenters. The van der Waals surface area contributed by atoms with Crippen LogP contribution in [0.3, 0.4) is 0 Å². The van der Waals surface area contributed by atoms with E-state index in [9.17, 15) is 4.79 Å². The van der Waals surface area contributed by atoms with Crippen molar-refractivity contribution in [1.29, 1.82) is 0 Å². The minimum Gasteiger partial charge on any atom is -0.267 e. The number of aromatic nitrogens is 2. The summed E-state index contributed by atoms with van der Waals surface area (Å²) in [5.41, 5.74) is 3.01. The fourth-order valence-corrected chi connectivity index (χ4v) is 3.44. The van der Waals surface area contributed by atoms with Crippen molar-refractivity contribution < 1.29 is 0 Å². The Morgan fingerprint density at radius 1 is 1.18 bits per heavy atom. The van der Waals surface area contributed by atoms with Gasteiger partial charge >= 0.3 is 0 Å². The van der Waals surface area contributed by atoms with Crippen LogP contribution in [-0.4, -0.2) is 15.9 Å². The Morgan fingerprint density at radius 2 is 1.91 bits per heavy atom. The van der Waals surface area contributed by atoms with Crippen LogP contribution in [0.2, 0.25) is 0 Å². The molecule has 0 amide bonds. The van der Waals surface area contributed by atoms with Gasteiger partial charge in [-0.25, -0.2) is 4.98 Å². The first kappa shape index (κ1) is 14.7. The average molecular weight is 311 g/mol. The van der Waals surface area contributed by atoms with E-state index >= 15 is 0 Å². The second kappa shape index (κ2) is 5.50. The third kappa shape index (κ3) is 2.37. The van der Waals surface area contributed by atoms with Crippen LogP contribution < -0.4 is 5.56 Å². The van der Waals surface area contributed by atoms with Crippen molar-refractivity contribution in [3.05, 3.63) is 62.0 Å². The highest BCUT2D eigenvalue weighted by molar-refractivity contribution is 7.18. The molecule has 1 aromatic carbocycles. The summed E-state index contributed by atoms with van der Waals surface area (Å²) in [7, 11) is 0. The van der Waals surface area contributed by atoms with E-state index in [2.05, 4.69) is 10.1 Å². The van der Waals surface area contributed by atoms with Gasteiger partial charge in [-0.2, -0.15) is 9.78 Å². The molecule has 3 rings (SSSR count). The summed E-state index contributed by atoms with van der Waals surface area (Å²) in [6, 6.07) is 7.93. The van der Waals surface area contributed by atoms with E-state index in [0.29, 0.717) is 11.2 Å². The van der Waals surface area contributed by atoms with Crippen LogP contribution in [0.25, 0.3) is 10.2 Å². The number of aryl methyl sites for hydroxylation is 4. The van der Waals surface area contributed by atoms with Crippen LogP contribution >= 0.6 is 11.3 Å². The fourth-order valence-electron chi connectivity index (χ4n) is 2.37. The van der Waals surface area contributed by atoms with Gasteiger partial charge in [0, 0.05) is 4.88 Å². The van der Waals surface area contributed by atoms with E-state index in [4.69, 9.17) is 0 Å². The Bertz CT molecular complexity index is 950. The minimum absolute atomic E-state index is 0.103. The van der Waals surface area contributed by atoms with Crippen LogP contribution in [0.5, 0.6) is 0 Å². The van der Waals surface area contributed by atoms with Crippen LogP contribution in [0.1, 0.15) is 27.4 Å². The van der Waals surface area contributed by atoms with Crippen LogP contribution in [-0.2, 0) is 0 Å². The molecule has 4 nitrogen and oxygen atoms in total. The summed E-state index contributed by atoms with van der Waals surface area (Å²) < 4.78 is 1.38. The number of fused-ring (bicyclic) bond motifs is 1. The molecule has 0 radical (unpaired) electrons. The molecule has 0 bridgehead atoms. The van der Waals surface area contributed by atoms with Gasteiger partial charge in [-0.3, -0.25) is 4.79 Å². The molecule has 0 fully saturated rings. The summed E-state index contributed by atoms with van der Waals surface area (Å²) in [5.74, 6) is 0.601. The monoisotopic (exact) mass is 311 g/mol. The van der Waals surface area contributed by atoms with Gasteiger partial charge in [0.1, 0.15) is 10.7 Å². The Balaban J connectivity index is 2.17. The average Bonchev–Trinajstić information content (AvgIpc) is 2.75. The number of benzene rings is 1. The van der Waals surface area contributed by atoms with Crippen LogP contribution in [0.15, 0.2) is 34.2 Å². The zero-order valence-corrected chi connectivity index (χ0v) is 13.9. The molecule has 0 saturated carbocycles. The van der Waals surface area contributed by atoms with Gasteiger partial charge in [0.2, 0.25) is 0 Å². The van der Waals surface area contributed by atoms with E-state index in [0.717, 1.165) is 26.4 Å². The second-order valence-corrected chi connectivity index (χ2v) is 6.54. The molecular formula is C17H17N3OS. The van der Waals surface area contributed by atoms with Gasteiger partial charge in [-0.1, -0.05) is 24.3 Å². The van der Waals surface area contributed by atoms with Crippen molar-refractivity contribution in [3.63, 3.8) is 0 Å². The summed E-state index contributed by atoms with van der Waals surface area (Å²) in [5, 5.41) is 5.03. The van der Waals surface area contributed by atoms with E-state index in [1.54, 1.807) is 24.5 Å². The van der Waals surface area contributed by atoms with Crippen molar-refractivity contribution in [2.45, 2.75) is 27.7 Å². The molecular weight excluding hydrogens is 294 g/mol. The Labute approximate surface area is 132 Å². The largest absolute Gasteiger partial charge is 0.283 e. The molecule has 2 aromatic heterocycles. The second-order valence-electron chi connectivity index (χ2n) is 5.34. The lowest BCUT2D eigenvalue weighted by Gasteiger charge is -2.04. The standard InChI is InChI=1S/C17H17N3OS/c1-10-7-5-6-8-14(10)9-18-20-13(4)19-16-15(17(20)21)11(2)12(3)22-16/h5-9H,1-4H3/b18-9+. The maximum Gasteiger partial charge on any atom is 0.283 e. The van der Waals surface area contributed by atoms with Crippen LogP contribution in [0.4, 0.5) is 0 Å². The number of rotatable bonds is 2. The predicted molar refractivity (Wildman–Crippen MR) is 92.3 cm³/mol. The highest BCUT2D eigenvalue weighted by Crippen LogP contribution is 2.26. The van der Waals surface area contributed by atoms with E-state index in [1.807, 2.05) is 45.0 Å². The summed E-state index contributed by atoms with van der Waals surface area (Å²) in [6.45, 7) is 7.80. The lowest BCUT2D eigenvalue weighted by molar-refractivity contribution is 0.772. The van der Waals surface area contributed by atoms with E-state index < -0.39 is 0 Å². The van der Waals surface area contributed by atoms with Gasteiger partial charge in [-0.15, -0.1) is 11.3 Å². The van der Waals surface area contributed by atoms with Crippen molar-refractivity contribution in [2.75, 3.05) is 0 Å².